The van der Waals surface area contributed by atoms with Crippen LogP contribution in [0.25, 0.3) is 10.9 Å². The molecule has 0 atom stereocenters. The molecule has 0 aliphatic heterocycles. The molecule has 3 aromatic rings. The predicted molar refractivity (Wildman–Crippen MR) is 106 cm³/mol. The number of carbonyl (C=O) groups is 1. The molecule has 0 unspecified atom stereocenters. The lowest BCUT2D eigenvalue weighted by atomic mass is 10.1. The molecule has 1 heterocycles. The van der Waals surface area contributed by atoms with Crippen molar-refractivity contribution in [2.24, 2.45) is 0 Å². The Hall–Kier alpha value is -2.93. The van der Waals surface area contributed by atoms with Gasteiger partial charge in [0.1, 0.15) is 0 Å². The number of aromatic amines is 1. The van der Waals surface area contributed by atoms with E-state index in [1.54, 1.807) is 55.5 Å². The van der Waals surface area contributed by atoms with Gasteiger partial charge in [0.25, 0.3) is 5.56 Å². The van der Waals surface area contributed by atoms with Crippen LogP contribution in [0, 0.1) is 13.8 Å². The summed E-state index contributed by atoms with van der Waals surface area (Å²) in [6, 6.07) is 13.5. The van der Waals surface area contributed by atoms with Gasteiger partial charge >= 0.3 is 0 Å². The number of nitrogens with one attached hydrogen (secondary N) is 2. The summed E-state index contributed by atoms with van der Waals surface area (Å²) >= 11 is 0. The van der Waals surface area contributed by atoms with Gasteiger partial charge in [0, 0.05) is 17.7 Å². The summed E-state index contributed by atoms with van der Waals surface area (Å²) in [5, 5.41) is 3.53. The number of anilines is 1. The number of H-pyrrole nitrogens is 1. The van der Waals surface area contributed by atoms with Gasteiger partial charge in [-0.05, 0) is 49.6 Å². The van der Waals surface area contributed by atoms with Crippen molar-refractivity contribution in [1.82, 2.24) is 4.98 Å². The zero-order valence-electron chi connectivity index (χ0n) is 15.1. The smallest absolute Gasteiger partial charge is 0.251 e. The first kappa shape index (κ1) is 18.8. The minimum absolute atomic E-state index is 0.154. The molecule has 0 spiro atoms. The monoisotopic (exact) mass is 384 g/mol. The molecule has 0 radical (unpaired) electrons. The number of aryl methyl sites for hydroxylation is 2. The predicted octanol–water partition coefficient (Wildman–Crippen LogP) is 2.95. The van der Waals surface area contributed by atoms with Gasteiger partial charge in [0.15, 0.2) is 9.84 Å². The van der Waals surface area contributed by atoms with Crippen molar-refractivity contribution in [2.75, 3.05) is 11.1 Å². The van der Waals surface area contributed by atoms with Gasteiger partial charge in [-0.15, -0.1) is 0 Å². The van der Waals surface area contributed by atoms with E-state index in [0.29, 0.717) is 16.8 Å². The van der Waals surface area contributed by atoms with Crippen molar-refractivity contribution in [3.05, 3.63) is 70.0 Å². The summed E-state index contributed by atoms with van der Waals surface area (Å²) in [5.74, 6) is -0.676. The second kappa shape index (κ2) is 7.36. The normalized spacial score (nSPS) is 11.5. The Bertz CT molecular complexity index is 1160. The van der Waals surface area contributed by atoms with Crippen molar-refractivity contribution < 1.29 is 13.2 Å². The largest absolute Gasteiger partial charge is 0.326 e. The number of benzene rings is 2. The molecule has 0 saturated carbocycles. The van der Waals surface area contributed by atoms with Crippen molar-refractivity contribution in [1.29, 1.82) is 0 Å². The van der Waals surface area contributed by atoms with Crippen LogP contribution in [0.4, 0.5) is 5.69 Å². The average molecular weight is 384 g/mol. The highest BCUT2D eigenvalue weighted by atomic mass is 32.2. The Balaban J connectivity index is 1.68. The molecule has 7 heteroatoms. The van der Waals surface area contributed by atoms with Crippen LogP contribution in [0.3, 0.4) is 0 Å². The van der Waals surface area contributed by atoms with E-state index in [1.807, 2.05) is 6.92 Å². The first-order chi connectivity index (χ1) is 12.7. The third-order valence-electron chi connectivity index (χ3n) is 4.29. The van der Waals surface area contributed by atoms with Gasteiger partial charge in [-0.2, -0.15) is 0 Å². The third kappa shape index (κ3) is 4.43. The van der Waals surface area contributed by atoms with E-state index in [9.17, 15) is 18.0 Å². The van der Waals surface area contributed by atoms with Gasteiger partial charge in [-0.1, -0.05) is 23.8 Å². The van der Waals surface area contributed by atoms with Crippen LogP contribution in [0.15, 0.2) is 58.2 Å². The molecule has 2 N–H and O–H groups in total. The minimum atomic E-state index is -3.52. The highest BCUT2D eigenvalue weighted by molar-refractivity contribution is 7.91. The second-order valence-corrected chi connectivity index (χ2v) is 8.62. The van der Waals surface area contributed by atoms with E-state index >= 15 is 0 Å². The second-order valence-electron chi connectivity index (χ2n) is 6.51. The molecular weight excluding hydrogens is 364 g/mol. The highest BCUT2D eigenvalue weighted by Gasteiger charge is 2.16. The van der Waals surface area contributed by atoms with Gasteiger partial charge in [-0.25, -0.2) is 8.42 Å². The quantitative estimate of drug-likeness (QED) is 0.707. The molecule has 3 rings (SSSR count). The average Bonchev–Trinajstić information content (AvgIpc) is 2.62. The summed E-state index contributed by atoms with van der Waals surface area (Å²) in [7, 11) is -3.52. The number of fused-ring (bicyclic) bond motifs is 1. The van der Waals surface area contributed by atoms with E-state index in [1.165, 1.54) is 0 Å². The molecule has 6 nitrogen and oxygen atoms in total. The number of hydrogen-bond donors (Lipinski definition) is 2. The first-order valence-electron chi connectivity index (χ1n) is 8.47. The summed E-state index contributed by atoms with van der Waals surface area (Å²) in [6.07, 6.45) is -0.154. The van der Waals surface area contributed by atoms with Crippen LogP contribution < -0.4 is 10.9 Å². The molecule has 1 aromatic heterocycles. The van der Waals surface area contributed by atoms with Gasteiger partial charge in [0.05, 0.1) is 16.2 Å². The maximum atomic E-state index is 12.3. The van der Waals surface area contributed by atoms with E-state index in [2.05, 4.69) is 10.3 Å². The maximum absolute atomic E-state index is 12.3. The summed E-state index contributed by atoms with van der Waals surface area (Å²) < 4.78 is 24.6. The molecule has 0 fully saturated rings. The van der Waals surface area contributed by atoms with E-state index in [0.717, 1.165) is 10.9 Å². The Kier molecular flexibility index (Phi) is 5.14. The molecule has 27 heavy (non-hydrogen) atoms. The number of hydrogen-bond acceptors (Lipinski definition) is 4. The first-order valence-corrected chi connectivity index (χ1v) is 10.1. The SMILES string of the molecule is Cc1ccc(S(=O)(=O)CCC(=O)Nc2ccc3cc(C)c(=O)[nH]c3c2)cc1. The Morgan fingerprint density at radius 2 is 1.74 bits per heavy atom. The fraction of sp³-hybridized carbons (Fsp3) is 0.200. The Morgan fingerprint density at radius 3 is 2.44 bits per heavy atom. The molecular formula is C20H20N2O4S. The standard InChI is InChI=1S/C20H20N2O4S/c1-13-3-7-17(8-4-13)27(25,26)10-9-19(23)21-16-6-5-15-11-14(2)20(24)22-18(15)12-16/h3-8,11-12H,9-10H2,1-2H3,(H,21,23)(H,22,24). The van der Waals surface area contributed by atoms with Crippen LogP contribution >= 0.6 is 0 Å². The number of pyridine rings is 1. The number of rotatable bonds is 5. The topological polar surface area (TPSA) is 96.1 Å². The van der Waals surface area contributed by atoms with E-state index in [-0.39, 0.29) is 22.6 Å². The summed E-state index contributed by atoms with van der Waals surface area (Å²) in [5.41, 5.74) is 2.50. The van der Waals surface area contributed by atoms with Crippen LogP contribution in [0.5, 0.6) is 0 Å². The number of amides is 1. The van der Waals surface area contributed by atoms with Crippen LogP contribution in [0.1, 0.15) is 17.5 Å². The van der Waals surface area contributed by atoms with Gasteiger partial charge in [-0.3, -0.25) is 9.59 Å². The Labute approximate surface area is 157 Å². The molecule has 140 valence electrons. The van der Waals surface area contributed by atoms with Crippen molar-refractivity contribution in [3.63, 3.8) is 0 Å². The third-order valence-corrected chi connectivity index (χ3v) is 6.03. The van der Waals surface area contributed by atoms with Crippen LogP contribution in [-0.4, -0.2) is 25.1 Å². The zero-order chi connectivity index (χ0) is 19.6. The van der Waals surface area contributed by atoms with Crippen LogP contribution in [-0.2, 0) is 14.6 Å². The summed E-state index contributed by atoms with van der Waals surface area (Å²) in [6.45, 7) is 3.60. The summed E-state index contributed by atoms with van der Waals surface area (Å²) in [4.78, 5) is 26.8. The van der Waals surface area contributed by atoms with E-state index < -0.39 is 15.7 Å². The lowest BCUT2D eigenvalue weighted by Crippen LogP contribution is -2.17. The molecule has 0 saturated heterocycles. The number of sulfone groups is 1. The lowest BCUT2D eigenvalue weighted by Gasteiger charge is -2.08. The van der Waals surface area contributed by atoms with E-state index in [4.69, 9.17) is 0 Å². The molecule has 0 aliphatic rings. The number of carbonyl (C=O) groups excluding carboxylic acids is 1. The van der Waals surface area contributed by atoms with Crippen molar-refractivity contribution in [3.8, 4) is 0 Å². The number of aromatic nitrogens is 1. The maximum Gasteiger partial charge on any atom is 0.251 e. The van der Waals surface area contributed by atoms with Crippen molar-refractivity contribution in [2.45, 2.75) is 25.2 Å². The molecule has 0 bridgehead atoms. The van der Waals surface area contributed by atoms with Crippen molar-refractivity contribution >= 4 is 32.3 Å². The van der Waals surface area contributed by atoms with Crippen LogP contribution in [0.2, 0.25) is 0 Å². The fourth-order valence-corrected chi connectivity index (χ4v) is 3.94. The molecule has 2 aromatic carbocycles. The lowest BCUT2D eigenvalue weighted by molar-refractivity contribution is -0.115. The highest BCUT2D eigenvalue weighted by Crippen LogP contribution is 2.18. The Morgan fingerprint density at radius 1 is 1.04 bits per heavy atom. The molecule has 0 aliphatic carbocycles. The minimum Gasteiger partial charge on any atom is -0.326 e. The van der Waals surface area contributed by atoms with Gasteiger partial charge < -0.3 is 10.3 Å². The zero-order valence-corrected chi connectivity index (χ0v) is 15.9. The molecule has 1 amide bonds. The van der Waals surface area contributed by atoms with Gasteiger partial charge in [0.2, 0.25) is 5.91 Å². The fourth-order valence-electron chi connectivity index (χ4n) is 2.70.